The summed E-state index contributed by atoms with van der Waals surface area (Å²) in [7, 11) is 0. The highest BCUT2D eigenvalue weighted by Gasteiger charge is 2.32. The molecule has 11 N–H and O–H groups in total. The molecule has 0 aromatic rings. The number of carboxylic acids is 2. The molecule has 0 bridgehead atoms. The number of aliphatic hydroxyl groups excluding tert-OH is 5. The van der Waals surface area contributed by atoms with Crippen molar-refractivity contribution in [3.63, 3.8) is 0 Å². The summed E-state index contributed by atoms with van der Waals surface area (Å²) >= 11 is 0. The maximum absolute atomic E-state index is 10.3. The molecule has 12 heteroatoms. The number of aliphatic carboxylic acids is 2. The molecular weight excluding hydrogens is 320 g/mol. The zero-order valence-corrected chi connectivity index (χ0v) is 12.0. The Morgan fingerprint density at radius 1 is 0.957 bits per heavy atom. The number of aliphatic hydroxyl groups is 5. The fraction of sp³-hybridized carbons (Fsp3) is 0.727. The lowest BCUT2D eigenvalue weighted by Crippen LogP contribution is -2.50. The number of rotatable bonds is 9. The molecule has 0 aromatic carbocycles. The third-order valence-corrected chi connectivity index (χ3v) is 2.53. The molecule has 1 amide bonds. The van der Waals surface area contributed by atoms with E-state index in [-0.39, 0.29) is 12.8 Å². The van der Waals surface area contributed by atoms with Crippen LogP contribution in [-0.2, 0) is 14.4 Å². The minimum absolute atomic E-state index is 0.0231. The van der Waals surface area contributed by atoms with Gasteiger partial charge < -0.3 is 47.2 Å². The summed E-state index contributed by atoms with van der Waals surface area (Å²) in [4.78, 5) is 30.2. The Labute approximate surface area is 130 Å². The Bertz CT molecular complexity index is 391. The van der Waals surface area contributed by atoms with Gasteiger partial charge in [0, 0.05) is 6.42 Å². The Morgan fingerprint density at radius 3 is 1.74 bits per heavy atom. The van der Waals surface area contributed by atoms with Crippen molar-refractivity contribution in [2.24, 2.45) is 11.5 Å². The standard InChI is InChI=1S/C6H13NO6.C5H9NO4/c7-6(13)5(12)4(11)3(10)2(9)1-8;6-3(5(9)10)1-2-4(7)8/h2-5,8-12H,1H2,(H2,7,13);3H,1-2,6H2,(H,7,8)(H,9,10)/t2-,3-,4+,5-;/m1./s1. The van der Waals surface area contributed by atoms with E-state index in [4.69, 9.17) is 41.5 Å². The van der Waals surface area contributed by atoms with E-state index in [0.717, 1.165) is 0 Å². The normalized spacial score (nSPS) is 17.0. The van der Waals surface area contributed by atoms with Crippen molar-refractivity contribution in [3.8, 4) is 0 Å². The quantitative estimate of drug-likeness (QED) is 0.192. The molecule has 12 nitrogen and oxygen atoms in total. The molecule has 0 rings (SSSR count). The molecule has 0 spiro atoms. The van der Waals surface area contributed by atoms with Crippen molar-refractivity contribution in [2.75, 3.05) is 6.61 Å². The highest BCUT2D eigenvalue weighted by Crippen LogP contribution is 2.04. The first kappa shape index (κ1) is 23.4. The van der Waals surface area contributed by atoms with E-state index in [1.165, 1.54) is 0 Å². The van der Waals surface area contributed by atoms with Gasteiger partial charge in [-0.15, -0.1) is 0 Å². The van der Waals surface area contributed by atoms with E-state index < -0.39 is 54.9 Å². The summed E-state index contributed by atoms with van der Waals surface area (Å²) in [6.45, 7) is -0.802. The molecule has 0 fully saturated rings. The van der Waals surface area contributed by atoms with Crippen LogP contribution in [0.25, 0.3) is 0 Å². The predicted octanol–water partition coefficient (Wildman–Crippen LogP) is -4.83. The number of amides is 1. The van der Waals surface area contributed by atoms with Crippen LogP contribution >= 0.6 is 0 Å². The number of carbonyl (C=O) groups is 3. The lowest BCUT2D eigenvalue weighted by atomic mass is 10.0. The summed E-state index contributed by atoms with van der Waals surface area (Å²) < 4.78 is 0. The number of carbonyl (C=O) groups excluding carboxylic acids is 1. The van der Waals surface area contributed by atoms with Gasteiger partial charge in [-0.05, 0) is 6.42 Å². The first-order valence-electron chi connectivity index (χ1n) is 6.28. The summed E-state index contributed by atoms with van der Waals surface area (Å²) in [5, 5.41) is 60.2. The molecule has 23 heavy (non-hydrogen) atoms. The molecule has 0 radical (unpaired) electrons. The molecule has 136 valence electrons. The van der Waals surface area contributed by atoms with Gasteiger partial charge in [0.25, 0.3) is 0 Å². The number of primary amides is 1. The van der Waals surface area contributed by atoms with Gasteiger partial charge in [0.1, 0.15) is 24.4 Å². The average molecular weight is 342 g/mol. The largest absolute Gasteiger partial charge is 0.481 e. The number of hydrogen-bond acceptors (Lipinski definition) is 9. The second-order valence-electron chi connectivity index (χ2n) is 4.46. The number of hydrogen-bond donors (Lipinski definition) is 9. The topological polar surface area (TPSA) is 245 Å². The first-order chi connectivity index (χ1) is 10.4. The lowest BCUT2D eigenvalue weighted by molar-refractivity contribution is -0.146. The summed E-state index contributed by atoms with van der Waals surface area (Å²) in [5.74, 6) is -3.42. The molecule has 0 aliphatic rings. The van der Waals surface area contributed by atoms with Gasteiger partial charge in [-0.2, -0.15) is 0 Å². The fourth-order valence-electron chi connectivity index (χ4n) is 1.09. The van der Waals surface area contributed by atoms with Crippen LogP contribution in [0.4, 0.5) is 0 Å². The lowest BCUT2D eigenvalue weighted by Gasteiger charge is -2.23. The van der Waals surface area contributed by atoms with E-state index in [0.29, 0.717) is 0 Å². The highest BCUT2D eigenvalue weighted by atomic mass is 16.4. The SMILES string of the molecule is NC(=O)[C@H](O)[C@@H](O)[C@H](O)[C@H](O)CO.NC(CCC(=O)O)C(=O)O. The van der Waals surface area contributed by atoms with Crippen molar-refractivity contribution in [3.05, 3.63) is 0 Å². The zero-order valence-electron chi connectivity index (χ0n) is 12.0. The van der Waals surface area contributed by atoms with Crippen LogP contribution in [-0.4, -0.2) is 90.7 Å². The first-order valence-corrected chi connectivity index (χ1v) is 6.28. The van der Waals surface area contributed by atoms with Gasteiger partial charge in [-0.3, -0.25) is 14.4 Å². The van der Waals surface area contributed by atoms with Crippen LogP contribution in [0.1, 0.15) is 12.8 Å². The monoisotopic (exact) mass is 342 g/mol. The Balaban J connectivity index is 0. The Morgan fingerprint density at radius 2 is 1.43 bits per heavy atom. The molecular formula is C11H22N2O10. The Kier molecular flexibility index (Phi) is 11.9. The van der Waals surface area contributed by atoms with E-state index >= 15 is 0 Å². The van der Waals surface area contributed by atoms with Gasteiger partial charge in [0.2, 0.25) is 5.91 Å². The molecule has 1 unspecified atom stereocenters. The van der Waals surface area contributed by atoms with Crippen LogP contribution in [0.2, 0.25) is 0 Å². The molecule has 0 aromatic heterocycles. The van der Waals surface area contributed by atoms with Gasteiger partial charge >= 0.3 is 11.9 Å². The number of nitrogens with two attached hydrogens (primary N) is 2. The van der Waals surface area contributed by atoms with E-state index in [1.807, 2.05) is 0 Å². The zero-order chi connectivity index (χ0) is 18.7. The smallest absolute Gasteiger partial charge is 0.320 e. The minimum Gasteiger partial charge on any atom is -0.481 e. The van der Waals surface area contributed by atoms with Gasteiger partial charge in [-0.1, -0.05) is 0 Å². The average Bonchev–Trinajstić information content (AvgIpc) is 2.49. The third kappa shape index (κ3) is 10.5. The summed E-state index contributed by atoms with van der Waals surface area (Å²) in [5.41, 5.74) is 9.61. The van der Waals surface area contributed by atoms with Crippen molar-refractivity contribution < 1.29 is 50.1 Å². The van der Waals surface area contributed by atoms with Crippen LogP contribution in [0.5, 0.6) is 0 Å². The second-order valence-corrected chi connectivity index (χ2v) is 4.46. The summed E-state index contributed by atoms with van der Waals surface area (Å²) in [6.07, 6.45) is -7.58. The summed E-state index contributed by atoms with van der Waals surface area (Å²) in [6, 6.07) is -1.06. The van der Waals surface area contributed by atoms with Crippen molar-refractivity contribution in [2.45, 2.75) is 43.3 Å². The minimum atomic E-state index is -1.98. The molecule has 0 aliphatic heterocycles. The van der Waals surface area contributed by atoms with Gasteiger partial charge in [0.15, 0.2) is 6.10 Å². The van der Waals surface area contributed by atoms with Gasteiger partial charge in [0.05, 0.1) is 6.61 Å². The van der Waals surface area contributed by atoms with Crippen LogP contribution in [0.15, 0.2) is 0 Å². The van der Waals surface area contributed by atoms with Crippen LogP contribution < -0.4 is 11.5 Å². The number of carboxylic acid groups (broad SMARTS) is 2. The van der Waals surface area contributed by atoms with E-state index in [2.05, 4.69) is 5.73 Å². The van der Waals surface area contributed by atoms with Crippen molar-refractivity contribution >= 4 is 17.8 Å². The molecule has 0 heterocycles. The molecule has 0 saturated heterocycles. The maximum Gasteiger partial charge on any atom is 0.320 e. The van der Waals surface area contributed by atoms with E-state index in [1.54, 1.807) is 0 Å². The molecule has 5 atom stereocenters. The fourth-order valence-corrected chi connectivity index (χ4v) is 1.09. The molecule has 0 saturated carbocycles. The predicted molar refractivity (Wildman–Crippen MR) is 72.8 cm³/mol. The Hall–Kier alpha value is -1.83. The maximum atomic E-state index is 10.3. The van der Waals surface area contributed by atoms with Crippen molar-refractivity contribution in [1.82, 2.24) is 0 Å². The second kappa shape index (κ2) is 11.7. The van der Waals surface area contributed by atoms with Crippen molar-refractivity contribution in [1.29, 1.82) is 0 Å². The van der Waals surface area contributed by atoms with Gasteiger partial charge in [-0.25, -0.2) is 0 Å². The van der Waals surface area contributed by atoms with Crippen LogP contribution in [0.3, 0.4) is 0 Å². The van der Waals surface area contributed by atoms with Crippen LogP contribution in [0, 0.1) is 0 Å². The third-order valence-electron chi connectivity index (χ3n) is 2.53. The van der Waals surface area contributed by atoms with E-state index in [9.17, 15) is 14.4 Å². The highest BCUT2D eigenvalue weighted by molar-refractivity contribution is 5.79. The molecule has 0 aliphatic carbocycles.